The average Bonchev–Trinajstić information content (AvgIpc) is 2.23. The molecule has 0 bridgehead atoms. The number of hydrogen-bond acceptors (Lipinski definition) is 3. The monoisotopic (exact) mass is 243 g/mol. The molecule has 5 heteroatoms. The Morgan fingerprint density at radius 1 is 1.41 bits per heavy atom. The molecule has 0 aliphatic carbocycles. The molecular weight excluding hydrogens is 228 g/mol. The molecule has 1 aromatic carbocycles. The second-order valence-corrected chi connectivity index (χ2v) is 3.78. The van der Waals surface area contributed by atoms with Gasteiger partial charge in [-0.2, -0.15) is 0 Å². The van der Waals surface area contributed by atoms with Crippen LogP contribution in [0.5, 0.6) is 0 Å². The normalized spacial score (nSPS) is 12.6. The van der Waals surface area contributed by atoms with Gasteiger partial charge in [-0.3, -0.25) is 4.90 Å². The number of carbonyl (C=O) groups is 1. The topological polar surface area (TPSA) is 29.5 Å². The molecule has 0 saturated heterocycles. The number of halogens is 2. The van der Waals surface area contributed by atoms with Crippen molar-refractivity contribution in [2.45, 2.75) is 13.0 Å². The first-order valence-electron chi connectivity index (χ1n) is 5.25. The zero-order chi connectivity index (χ0) is 13.0. The van der Waals surface area contributed by atoms with Crippen LogP contribution < -0.4 is 0 Å². The summed E-state index contributed by atoms with van der Waals surface area (Å²) in [7, 11) is 3.21. The van der Waals surface area contributed by atoms with Crippen LogP contribution in [0.15, 0.2) is 18.2 Å². The molecule has 94 valence electrons. The van der Waals surface area contributed by atoms with Gasteiger partial charge in [0.05, 0.1) is 6.61 Å². The van der Waals surface area contributed by atoms with E-state index in [0.29, 0.717) is 0 Å². The minimum atomic E-state index is -0.939. The molecule has 0 amide bonds. The molecule has 3 nitrogen and oxygen atoms in total. The van der Waals surface area contributed by atoms with Crippen LogP contribution in [0.3, 0.4) is 0 Å². The Bertz CT molecular complexity index is 407. The SMILES string of the molecule is CCOC(=O)C(c1cc(F)ccc1F)N(C)C. The van der Waals surface area contributed by atoms with E-state index in [1.54, 1.807) is 21.0 Å². The molecule has 0 aromatic heterocycles. The maximum absolute atomic E-state index is 13.6. The maximum atomic E-state index is 13.6. The summed E-state index contributed by atoms with van der Waals surface area (Å²) in [5.41, 5.74) is -0.0200. The highest BCUT2D eigenvalue weighted by molar-refractivity contribution is 5.77. The van der Waals surface area contributed by atoms with Gasteiger partial charge in [-0.25, -0.2) is 13.6 Å². The predicted molar refractivity (Wildman–Crippen MR) is 59.4 cm³/mol. The van der Waals surface area contributed by atoms with Gasteiger partial charge in [0.25, 0.3) is 0 Å². The van der Waals surface area contributed by atoms with E-state index in [2.05, 4.69) is 0 Å². The molecule has 1 rings (SSSR count). The fraction of sp³-hybridized carbons (Fsp3) is 0.417. The van der Waals surface area contributed by atoms with Crippen LogP contribution >= 0.6 is 0 Å². The van der Waals surface area contributed by atoms with E-state index in [1.165, 1.54) is 4.90 Å². The number of hydrogen-bond donors (Lipinski definition) is 0. The van der Waals surface area contributed by atoms with Gasteiger partial charge in [0.15, 0.2) is 0 Å². The number of likely N-dealkylation sites (N-methyl/N-ethyl adjacent to an activating group) is 1. The van der Waals surface area contributed by atoms with Crippen LogP contribution in [0, 0.1) is 11.6 Å². The summed E-state index contributed by atoms with van der Waals surface area (Å²) in [5, 5.41) is 0. The van der Waals surface area contributed by atoms with Gasteiger partial charge in [0, 0.05) is 5.56 Å². The average molecular weight is 243 g/mol. The maximum Gasteiger partial charge on any atom is 0.328 e. The standard InChI is InChI=1S/C12H15F2NO2/c1-4-17-12(16)11(15(2)3)9-7-8(13)5-6-10(9)14/h5-7,11H,4H2,1-3H3. The number of nitrogens with zero attached hydrogens (tertiary/aromatic N) is 1. The second-order valence-electron chi connectivity index (χ2n) is 3.78. The van der Waals surface area contributed by atoms with E-state index in [1.807, 2.05) is 0 Å². The minimum absolute atomic E-state index is 0.0200. The Labute approximate surface area is 99.0 Å². The molecule has 17 heavy (non-hydrogen) atoms. The van der Waals surface area contributed by atoms with Crippen molar-refractivity contribution in [3.8, 4) is 0 Å². The summed E-state index contributed by atoms with van der Waals surface area (Å²) in [4.78, 5) is 13.2. The molecule has 0 aliphatic heterocycles. The first-order valence-corrected chi connectivity index (χ1v) is 5.25. The van der Waals surface area contributed by atoms with Crippen molar-refractivity contribution in [2.24, 2.45) is 0 Å². The molecular formula is C12H15F2NO2. The van der Waals surface area contributed by atoms with Crippen molar-refractivity contribution in [1.82, 2.24) is 4.90 Å². The molecule has 0 fully saturated rings. The van der Waals surface area contributed by atoms with E-state index in [9.17, 15) is 13.6 Å². The highest BCUT2D eigenvalue weighted by atomic mass is 19.1. The molecule has 1 unspecified atom stereocenters. The van der Waals surface area contributed by atoms with Gasteiger partial charge in [-0.15, -0.1) is 0 Å². The zero-order valence-corrected chi connectivity index (χ0v) is 10.0. The molecule has 0 spiro atoms. The third kappa shape index (κ3) is 3.23. The summed E-state index contributed by atoms with van der Waals surface area (Å²) in [5.74, 6) is -1.81. The minimum Gasteiger partial charge on any atom is -0.465 e. The lowest BCUT2D eigenvalue weighted by atomic mass is 10.1. The molecule has 1 aromatic rings. The lowest BCUT2D eigenvalue weighted by Crippen LogP contribution is -2.30. The van der Waals surface area contributed by atoms with Crippen molar-refractivity contribution in [1.29, 1.82) is 0 Å². The van der Waals surface area contributed by atoms with Crippen LogP contribution in [-0.2, 0) is 9.53 Å². The van der Waals surface area contributed by atoms with Crippen molar-refractivity contribution < 1.29 is 18.3 Å². The van der Waals surface area contributed by atoms with Crippen LogP contribution in [0.4, 0.5) is 8.78 Å². The summed E-state index contributed by atoms with van der Waals surface area (Å²) < 4.78 is 31.5. The Morgan fingerprint density at radius 3 is 2.59 bits per heavy atom. The molecule has 0 N–H and O–H groups in total. The fourth-order valence-corrected chi connectivity index (χ4v) is 1.56. The van der Waals surface area contributed by atoms with E-state index in [-0.39, 0.29) is 12.2 Å². The summed E-state index contributed by atoms with van der Waals surface area (Å²) >= 11 is 0. The molecule has 0 heterocycles. The highest BCUT2D eigenvalue weighted by Crippen LogP contribution is 2.23. The van der Waals surface area contributed by atoms with Gasteiger partial charge in [-0.1, -0.05) is 0 Å². The highest BCUT2D eigenvalue weighted by Gasteiger charge is 2.27. The number of ether oxygens (including phenoxy) is 1. The number of benzene rings is 1. The Morgan fingerprint density at radius 2 is 2.06 bits per heavy atom. The van der Waals surface area contributed by atoms with Gasteiger partial charge >= 0.3 is 5.97 Å². The smallest absolute Gasteiger partial charge is 0.328 e. The van der Waals surface area contributed by atoms with E-state index in [4.69, 9.17) is 4.74 Å². The molecule has 1 atom stereocenters. The van der Waals surface area contributed by atoms with E-state index >= 15 is 0 Å². The third-order valence-electron chi connectivity index (χ3n) is 2.28. The quantitative estimate of drug-likeness (QED) is 0.759. The lowest BCUT2D eigenvalue weighted by Gasteiger charge is -2.23. The zero-order valence-electron chi connectivity index (χ0n) is 10.0. The van der Waals surface area contributed by atoms with E-state index < -0.39 is 23.6 Å². The third-order valence-corrected chi connectivity index (χ3v) is 2.28. The predicted octanol–water partition coefficient (Wildman–Crippen LogP) is 2.13. The van der Waals surface area contributed by atoms with Gasteiger partial charge in [0.1, 0.15) is 17.7 Å². The number of rotatable bonds is 4. The fourth-order valence-electron chi connectivity index (χ4n) is 1.56. The Hall–Kier alpha value is -1.49. The summed E-state index contributed by atoms with van der Waals surface area (Å²) in [6.07, 6.45) is 0. The molecule has 0 saturated carbocycles. The van der Waals surface area contributed by atoms with Crippen LogP contribution in [0.25, 0.3) is 0 Å². The summed E-state index contributed by atoms with van der Waals surface area (Å²) in [6.45, 7) is 1.85. The summed E-state index contributed by atoms with van der Waals surface area (Å²) in [6, 6.07) is 2.08. The first-order chi connectivity index (χ1) is 7.97. The van der Waals surface area contributed by atoms with Gasteiger partial charge in [-0.05, 0) is 39.2 Å². The van der Waals surface area contributed by atoms with Gasteiger partial charge < -0.3 is 4.74 Å². The van der Waals surface area contributed by atoms with Crippen molar-refractivity contribution >= 4 is 5.97 Å². The Kier molecular flexibility index (Phi) is 4.57. The molecule has 0 aliphatic rings. The van der Waals surface area contributed by atoms with Crippen molar-refractivity contribution in [3.05, 3.63) is 35.4 Å². The van der Waals surface area contributed by atoms with Crippen molar-refractivity contribution in [2.75, 3.05) is 20.7 Å². The van der Waals surface area contributed by atoms with Crippen LogP contribution in [0.2, 0.25) is 0 Å². The van der Waals surface area contributed by atoms with Crippen LogP contribution in [0.1, 0.15) is 18.5 Å². The largest absolute Gasteiger partial charge is 0.465 e. The lowest BCUT2D eigenvalue weighted by molar-refractivity contribution is -0.148. The van der Waals surface area contributed by atoms with Crippen molar-refractivity contribution in [3.63, 3.8) is 0 Å². The molecule has 0 radical (unpaired) electrons. The number of carbonyl (C=O) groups excluding carboxylic acids is 1. The second kappa shape index (κ2) is 5.72. The van der Waals surface area contributed by atoms with E-state index in [0.717, 1.165) is 18.2 Å². The first kappa shape index (κ1) is 13.6. The number of esters is 1. The van der Waals surface area contributed by atoms with Gasteiger partial charge in [0.2, 0.25) is 0 Å². The Balaban J connectivity index is 3.13. The van der Waals surface area contributed by atoms with Crippen LogP contribution in [-0.4, -0.2) is 31.6 Å².